The van der Waals surface area contributed by atoms with Crippen LogP contribution in [0.3, 0.4) is 0 Å². The minimum atomic E-state index is 0.181. The van der Waals surface area contributed by atoms with Gasteiger partial charge in [0.1, 0.15) is 0 Å². The van der Waals surface area contributed by atoms with Crippen LogP contribution in [0.15, 0.2) is 0 Å². The normalized spacial score (nSPS) is 9.87. The zero-order valence-corrected chi connectivity index (χ0v) is 20.0. The monoisotopic (exact) mass is 416 g/mol. The fraction of sp³-hybridized carbons (Fsp3) is 0.769. The maximum atomic E-state index is 12.2. The third-order valence-corrected chi connectivity index (χ3v) is 5.36. The van der Waals surface area contributed by atoms with Crippen LogP contribution in [-0.2, 0) is 9.59 Å². The van der Waals surface area contributed by atoms with E-state index in [4.69, 9.17) is 0 Å². The smallest absolute Gasteiger partial charge is 0.222 e. The summed E-state index contributed by atoms with van der Waals surface area (Å²) in [6.07, 6.45) is 14.3. The van der Waals surface area contributed by atoms with Crippen LogP contribution < -0.4 is 0 Å². The minimum Gasteiger partial charge on any atom is -0.344 e. The van der Waals surface area contributed by atoms with Crippen LogP contribution in [0.5, 0.6) is 0 Å². The molecule has 0 aliphatic heterocycles. The van der Waals surface area contributed by atoms with Gasteiger partial charge in [-0.25, -0.2) is 0 Å². The summed E-state index contributed by atoms with van der Waals surface area (Å²) in [6, 6.07) is 0. The summed E-state index contributed by atoms with van der Waals surface area (Å²) < 4.78 is 0. The summed E-state index contributed by atoms with van der Waals surface area (Å²) >= 11 is 0. The molecular weight excluding hydrogens is 372 g/mol. The highest BCUT2D eigenvalue weighted by molar-refractivity contribution is 5.77. The van der Waals surface area contributed by atoms with Crippen LogP contribution in [0.1, 0.15) is 104 Å². The molecular formula is C26H44N2O2. The Morgan fingerprint density at radius 3 is 1.27 bits per heavy atom. The van der Waals surface area contributed by atoms with Crippen molar-refractivity contribution in [1.29, 1.82) is 0 Å². The van der Waals surface area contributed by atoms with Crippen molar-refractivity contribution < 1.29 is 9.59 Å². The van der Waals surface area contributed by atoms with Crippen molar-refractivity contribution in [1.82, 2.24) is 9.80 Å². The number of carbonyl (C=O) groups excluding carboxylic acids is 2. The van der Waals surface area contributed by atoms with Crippen molar-refractivity contribution in [3.05, 3.63) is 0 Å². The summed E-state index contributed by atoms with van der Waals surface area (Å²) in [5, 5.41) is 0. The Labute approximate surface area is 186 Å². The molecule has 0 aromatic carbocycles. The molecule has 0 fully saturated rings. The highest BCUT2D eigenvalue weighted by atomic mass is 16.2. The fourth-order valence-electron chi connectivity index (χ4n) is 3.22. The Kier molecular flexibility index (Phi) is 19.0. The van der Waals surface area contributed by atoms with Crippen molar-refractivity contribution in [3.63, 3.8) is 0 Å². The second-order valence-electron chi connectivity index (χ2n) is 8.02. The lowest BCUT2D eigenvalue weighted by Gasteiger charge is -2.22. The molecule has 0 spiro atoms. The third-order valence-electron chi connectivity index (χ3n) is 5.36. The first-order valence-corrected chi connectivity index (χ1v) is 11.8. The summed E-state index contributed by atoms with van der Waals surface area (Å²) in [6.45, 7) is 4.97. The Morgan fingerprint density at radius 2 is 0.900 bits per heavy atom. The van der Waals surface area contributed by atoms with E-state index < -0.39 is 0 Å². The number of unbranched alkanes of at least 4 members (excludes halogenated alkanes) is 10. The molecule has 30 heavy (non-hydrogen) atoms. The lowest BCUT2D eigenvalue weighted by Crippen LogP contribution is -2.37. The Morgan fingerprint density at radius 1 is 0.567 bits per heavy atom. The highest BCUT2D eigenvalue weighted by Crippen LogP contribution is 2.09. The first-order chi connectivity index (χ1) is 14.5. The Hall–Kier alpha value is -1.94. The lowest BCUT2D eigenvalue weighted by atomic mass is 10.1. The average Bonchev–Trinajstić information content (AvgIpc) is 2.75. The average molecular weight is 417 g/mol. The third kappa shape index (κ3) is 17.0. The van der Waals surface area contributed by atoms with Crippen LogP contribution in [0, 0.1) is 23.7 Å². The molecule has 4 nitrogen and oxygen atoms in total. The van der Waals surface area contributed by atoms with Gasteiger partial charge in [-0.2, -0.15) is 0 Å². The lowest BCUT2D eigenvalue weighted by molar-refractivity contribution is -0.133. The number of rotatable bonds is 17. The van der Waals surface area contributed by atoms with Crippen molar-refractivity contribution in [2.75, 3.05) is 27.2 Å². The van der Waals surface area contributed by atoms with E-state index in [-0.39, 0.29) is 11.8 Å². The van der Waals surface area contributed by atoms with Gasteiger partial charge in [-0.3, -0.25) is 9.59 Å². The van der Waals surface area contributed by atoms with E-state index in [0.29, 0.717) is 25.9 Å². The van der Waals surface area contributed by atoms with Gasteiger partial charge in [0.2, 0.25) is 11.8 Å². The van der Waals surface area contributed by atoms with Crippen LogP contribution >= 0.6 is 0 Å². The maximum absolute atomic E-state index is 12.2. The predicted octanol–water partition coefficient (Wildman–Crippen LogP) is 5.41. The van der Waals surface area contributed by atoms with Crippen molar-refractivity contribution >= 4 is 11.8 Å². The number of carbonyl (C=O) groups is 2. The summed E-state index contributed by atoms with van der Waals surface area (Å²) in [7, 11) is 3.68. The summed E-state index contributed by atoms with van der Waals surface area (Å²) in [5.74, 6) is 12.4. The van der Waals surface area contributed by atoms with Gasteiger partial charge in [-0.1, -0.05) is 38.5 Å². The van der Waals surface area contributed by atoms with Crippen LogP contribution in [0.25, 0.3) is 0 Å². The van der Waals surface area contributed by atoms with Crippen LogP contribution in [0.2, 0.25) is 0 Å². The Balaban J connectivity index is 3.72. The number of hydrogen-bond acceptors (Lipinski definition) is 2. The fourth-order valence-corrected chi connectivity index (χ4v) is 3.22. The van der Waals surface area contributed by atoms with Crippen molar-refractivity contribution in [3.8, 4) is 23.7 Å². The van der Waals surface area contributed by atoms with E-state index in [1.807, 2.05) is 27.9 Å². The molecule has 0 radical (unpaired) electrons. The Bertz CT molecular complexity index is 525. The zero-order valence-electron chi connectivity index (χ0n) is 20.0. The first-order valence-electron chi connectivity index (χ1n) is 11.8. The molecule has 170 valence electrons. The molecule has 0 heterocycles. The van der Waals surface area contributed by atoms with Gasteiger partial charge in [0, 0.05) is 52.9 Å². The molecule has 0 bridgehead atoms. The standard InChI is InChI=1S/C26H44N2O2/c1-5-7-9-11-13-15-17-19-21-25(29)27(3)23-24-28(4)26(30)22-20-18-16-14-12-10-8-6-2/h9-24H2,1-4H3. The van der Waals surface area contributed by atoms with Crippen molar-refractivity contribution in [2.45, 2.75) is 104 Å². The number of likely N-dealkylation sites (N-methyl/N-ethyl adjacent to an activating group) is 2. The molecule has 0 unspecified atom stereocenters. The molecule has 4 heteroatoms. The number of nitrogens with zero attached hydrogens (tertiary/aromatic N) is 2. The molecule has 0 saturated heterocycles. The van der Waals surface area contributed by atoms with E-state index in [1.165, 1.54) is 25.7 Å². The molecule has 0 aromatic heterocycles. The van der Waals surface area contributed by atoms with Gasteiger partial charge in [0.25, 0.3) is 0 Å². The van der Waals surface area contributed by atoms with Gasteiger partial charge < -0.3 is 9.80 Å². The molecule has 0 atom stereocenters. The molecule has 0 N–H and O–H groups in total. The number of hydrogen-bond donors (Lipinski definition) is 0. The molecule has 2 amide bonds. The molecule has 0 aromatic rings. The largest absolute Gasteiger partial charge is 0.344 e. The summed E-state index contributed by atoms with van der Waals surface area (Å²) in [5.41, 5.74) is 0. The van der Waals surface area contributed by atoms with Crippen molar-refractivity contribution in [2.24, 2.45) is 0 Å². The second-order valence-corrected chi connectivity index (χ2v) is 8.02. The SMILES string of the molecule is CC#CCCCCCCCC(=O)N(C)CCN(C)C(=O)CCCCCCCC#CC. The second kappa shape index (κ2) is 20.3. The summed E-state index contributed by atoms with van der Waals surface area (Å²) in [4.78, 5) is 28.0. The van der Waals surface area contributed by atoms with Crippen LogP contribution in [-0.4, -0.2) is 48.8 Å². The molecule has 0 aliphatic carbocycles. The van der Waals surface area contributed by atoms with Gasteiger partial charge >= 0.3 is 0 Å². The van der Waals surface area contributed by atoms with Gasteiger partial charge in [0.05, 0.1) is 0 Å². The minimum absolute atomic E-state index is 0.181. The van der Waals surface area contributed by atoms with Gasteiger partial charge in [-0.05, 0) is 39.5 Å². The first kappa shape index (κ1) is 28.1. The predicted molar refractivity (Wildman–Crippen MR) is 127 cm³/mol. The highest BCUT2D eigenvalue weighted by Gasteiger charge is 2.12. The number of amides is 2. The molecule has 0 saturated carbocycles. The molecule has 0 rings (SSSR count). The topological polar surface area (TPSA) is 40.6 Å². The quantitative estimate of drug-likeness (QED) is 0.235. The van der Waals surface area contributed by atoms with E-state index in [9.17, 15) is 9.59 Å². The van der Waals surface area contributed by atoms with E-state index in [1.54, 1.807) is 9.80 Å². The van der Waals surface area contributed by atoms with Gasteiger partial charge in [-0.15, -0.1) is 23.7 Å². The van der Waals surface area contributed by atoms with Gasteiger partial charge in [0.15, 0.2) is 0 Å². The molecule has 0 aliphatic rings. The maximum Gasteiger partial charge on any atom is 0.222 e. The van der Waals surface area contributed by atoms with Crippen LogP contribution in [0.4, 0.5) is 0 Å². The van der Waals surface area contributed by atoms with E-state index in [2.05, 4.69) is 23.7 Å². The van der Waals surface area contributed by atoms with E-state index in [0.717, 1.165) is 51.4 Å². The zero-order chi connectivity index (χ0) is 22.5. The van der Waals surface area contributed by atoms with E-state index >= 15 is 0 Å².